The molecule has 1 atom stereocenters. The summed E-state index contributed by atoms with van der Waals surface area (Å²) >= 11 is 0. The van der Waals surface area contributed by atoms with Crippen LogP contribution in [0.4, 0.5) is 0 Å². The third kappa shape index (κ3) is 3.94. The van der Waals surface area contributed by atoms with Crippen LogP contribution < -0.4 is 0 Å². The summed E-state index contributed by atoms with van der Waals surface area (Å²) < 4.78 is 48.2. The van der Waals surface area contributed by atoms with Gasteiger partial charge in [0.1, 0.15) is 0 Å². The summed E-state index contributed by atoms with van der Waals surface area (Å²) in [6.45, 7) is 0. The highest BCUT2D eigenvalue weighted by Gasteiger charge is 2.32. The molecular weight excluding hydrogens is 284 g/mol. The van der Waals surface area contributed by atoms with Crippen molar-refractivity contribution in [3.05, 3.63) is 0 Å². The Labute approximate surface area is 116 Å². The normalized spacial score (nSPS) is 29.2. The Morgan fingerprint density at radius 1 is 0.895 bits per heavy atom. The number of hydrogen-bond acceptors (Lipinski definition) is 4. The van der Waals surface area contributed by atoms with Gasteiger partial charge in [0.25, 0.3) is 0 Å². The van der Waals surface area contributed by atoms with Crippen molar-refractivity contribution < 1.29 is 16.8 Å². The maximum Gasteiger partial charge on any atom is 0.153 e. The summed E-state index contributed by atoms with van der Waals surface area (Å²) in [5, 5.41) is -0.632. The molecule has 1 heterocycles. The van der Waals surface area contributed by atoms with E-state index < -0.39 is 24.9 Å². The molecule has 2 aliphatic rings. The average molecular weight is 308 g/mol. The Balaban J connectivity index is 1.93. The maximum absolute atomic E-state index is 12.2. The predicted molar refractivity (Wildman–Crippen MR) is 76.7 cm³/mol. The van der Waals surface area contributed by atoms with Crippen LogP contribution in [0.3, 0.4) is 0 Å². The molecule has 0 aromatic rings. The first-order chi connectivity index (χ1) is 8.92. The van der Waals surface area contributed by atoms with Gasteiger partial charge < -0.3 is 0 Å². The Kier molecular flexibility index (Phi) is 4.93. The van der Waals surface area contributed by atoms with Crippen LogP contribution in [0.5, 0.6) is 0 Å². The lowest BCUT2D eigenvalue weighted by Crippen LogP contribution is -2.33. The van der Waals surface area contributed by atoms with Crippen LogP contribution >= 0.6 is 0 Å². The fourth-order valence-electron chi connectivity index (χ4n) is 3.23. The summed E-state index contributed by atoms with van der Waals surface area (Å²) in [5.41, 5.74) is 0. The maximum atomic E-state index is 12.2. The summed E-state index contributed by atoms with van der Waals surface area (Å²) in [7, 11) is -6.14. The molecule has 0 radical (unpaired) electrons. The van der Waals surface area contributed by atoms with Crippen molar-refractivity contribution in [1.29, 1.82) is 0 Å². The van der Waals surface area contributed by atoms with Crippen molar-refractivity contribution in [1.82, 2.24) is 0 Å². The lowest BCUT2D eigenvalue weighted by atomic mass is 10.0. The summed E-state index contributed by atoms with van der Waals surface area (Å²) in [6.07, 6.45) is 7.23. The smallest absolute Gasteiger partial charge is 0.153 e. The van der Waals surface area contributed by atoms with Crippen LogP contribution in [0.25, 0.3) is 0 Å². The van der Waals surface area contributed by atoms with Gasteiger partial charge in [-0.25, -0.2) is 16.8 Å². The minimum absolute atomic E-state index is 0.0571. The quantitative estimate of drug-likeness (QED) is 0.797. The first-order valence-corrected chi connectivity index (χ1v) is 10.8. The molecule has 1 saturated carbocycles. The van der Waals surface area contributed by atoms with Crippen LogP contribution in [0, 0.1) is 0 Å². The molecule has 1 aliphatic heterocycles. The van der Waals surface area contributed by atoms with Gasteiger partial charge in [0, 0.05) is 0 Å². The third-order valence-electron chi connectivity index (χ3n) is 4.50. The van der Waals surface area contributed by atoms with Gasteiger partial charge in [-0.1, -0.05) is 25.7 Å². The SMILES string of the molecule is O=S1(=O)CCCCC1CCS(=O)(=O)C1CCCCC1. The fraction of sp³-hybridized carbons (Fsp3) is 1.00. The van der Waals surface area contributed by atoms with E-state index in [9.17, 15) is 16.8 Å². The average Bonchev–Trinajstić information content (AvgIpc) is 2.38. The predicted octanol–water partition coefficient (Wildman–Crippen LogP) is 2.09. The molecule has 0 aromatic heterocycles. The highest BCUT2D eigenvalue weighted by molar-refractivity contribution is 7.93. The summed E-state index contributed by atoms with van der Waals surface area (Å²) in [5.74, 6) is 0.294. The second-order valence-electron chi connectivity index (χ2n) is 5.90. The van der Waals surface area contributed by atoms with Crippen molar-refractivity contribution in [3.63, 3.8) is 0 Å². The van der Waals surface area contributed by atoms with Crippen LogP contribution in [0.15, 0.2) is 0 Å². The van der Waals surface area contributed by atoms with E-state index in [4.69, 9.17) is 0 Å². The lowest BCUT2D eigenvalue weighted by molar-refractivity contribution is 0.481. The first-order valence-electron chi connectivity index (χ1n) is 7.35. The lowest BCUT2D eigenvalue weighted by Gasteiger charge is -2.25. The van der Waals surface area contributed by atoms with Crippen molar-refractivity contribution in [2.45, 2.75) is 68.3 Å². The van der Waals surface area contributed by atoms with Crippen molar-refractivity contribution in [2.24, 2.45) is 0 Å². The highest BCUT2D eigenvalue weighted by atomic mass is 32.2. The molecular formula is C13H24O4S2. The van der Waals surface area contributed by atoms with Gasteiger partial charge in [-0.05, 0) is 32.1 Å². The number of rotatable bonds is 4. The molecule has 0 aromatic carbocycles. The van der Waals surface area contributed by atoms with Crippen molar-refractivity contribution in [3.8, 4) is 0 Å². The Morgan fingerprint density at radius 3 is 2.16 bits per heavy atom. The molecule has 0 amide bonds. The van der Waals surface area contributed by atoms with Crippen LogP contribution in [-0.2, 0) is 19.7 Å². The van der Waals surface area contributed by atoms with Gasteiger partial charge in [-0.2, -0.15) is 0 Å². The van der Waals surface area contributed by atoms with E-state index in [2.05, 4.69) is 0 Å². The van der Waals surface area contributed by atoms with E-state index in [1.165, 1.54) is 0 Å². The first kappa shape index (κ1) is 15.3. The molecule has 1 aliphatic carbocycles. The third-order valence-corrected chi connectivity index (χ3v) is 9.13. The van der Waals surface area contributed by atoms with Crippen molar-refractivity contribution >= 4 is 19.7 Å². The van der Waals surface area contributed by atoms with E-state index in [-0.39, 0.29) is 16.8 Å². The minimum atomic E-state index is -3.10. The molecule has 1 unspecified atom stereocenters. The molecule has 0 spiro atoms. The van der Waals surface area contributed by atoms with Gasteiger partial charge >= 0.3 is 0 Å². The highest BCUT2D eigenvalue weighted by Crippen LogP contribution is 2.27. The van der Waals surface area contributed by atoms with Gasteiger partial charge in [-0.3, -0.25) is 0 Å². The molecule has 4 nitrogen and oxygen atoms in total. The van der Waals surface area contributed by atoms with Crippen LogP contribution in [0.2, 0.25) is 0 Å². The largest absolute Gasteiger partial charge is 0.229 e. The van der Waals surface area contributed by atoms with Gasteiger partial charge in [0.15, 0.2) is 19.7 Å². The zero-order valence-electron chi connectivity index (χ0n) is 11.4. The van der Waals surface area contributed by atoms with E-state index in [1.807, 2.05) is 0 Å². The summed E-state index contributed by atoms with van der Waals surface area (Å²) in [4.78, 5) is 0. The van der Waals surface area contributed by atoms with Crippen LogP contribution in [0.1, 0.15) is 57.8 Å². The molecule has 2 rings (SSSR count). The van der Waals surface area contributed by atoms with E-state index in [1.54, 1.807) is 0 Å². The summed E-state index contributed by atoms with van der Waals surface area (Å²) in [6, 6.07) is 0. The van der Waals surface area contributed by atoms with E-state index in [0.717, 1.165) is 44.9 Å². The molecule has 6 heteroatoms. The Bertz CT molecular complexity index is 487. The number of sulfone groups is 2. The Morgan fingerprint density at radius 2 is 1.53 bits per heavy atom. The van der Waals surface area contributed by atoms with Gasteiger partial charge in [0.2, 0.25) is 0 Å². The minimum Gasteiger partial charge on any atom is -0.229 e. The number of hydrogen-bond donors (Lipinski definition) is 0. The molecule has 0 bridgehead atoms. The second kappa shape index (κ2) is 6.12. The molecule has 0 N–H and O–H groups in total. The fourth-order valence-corrected chi connectivity index (χ4v) is 7.32. The van der Waals surface area contributed by atoms with Gasteiger partial charge in [0.05, 0.1) is 22.0 Å². The van der Waals surface area contributed by atoms with E-state index in [0.29, 0.717) is 12.8 Å². The Hall–Kier alpha value is -0.100. The van der Waals surface area contributed by atoms with E-state index >= 15 is 0 Å². The molecule has 19 heavy (non-hydrogen) atoms. The monoisotopic (exact) mass is 308 g/mol. The van der Waals surface area contributed by atoms with Crippen molar-refractivity contribution in [2.75, 3.05) is 11.5 Å². The molecule has 112 valence electrons. The van der Waals surface area contributed by atoms with Gasteiger partial charge in [-0.15, -0.1) is 0 Å². The molecule has 1 saturated heterocycles. The second-order valence-corrected chi connectivity index (χ2v) is 10.7. The standard InChI is InChI=1S/C13H24O4S2/c14-18(15)10-5-4-8-13(18)9-11-19(16,17)12-6-2-1-3-7-12/h12-13H,1-11H2. The zero-order chi connectivity index (χ0) is 13.9. The topological polar surface area (TPSA) is 68.3 Å². The zero-order valence-corrected chi connectivity index (χ0v) is 13.0. The van der Waals surface area contributed by atoms with Crippen LogP contribution in [-0.4, -0.2) is 38.8 Å². The molecule has 2 fully saturated rings.